The average Bonchev–Trinajstić information content (AvgIpc) is 2.63. The summed E-state index contributed by atoms with van der Waals surface area (Å²) in [6.45, 7) is 0. The molecule has 0 saturated heterocycles. The SMILES string of the molecule is COc1ccc2c(c1)CC1(CC2)N=C(N)NC1=O. The lowest BCUT2D eigenvalue weighted by Gasteiger charge is -2.29. The highest BCUT2D eigenvalue weighted by atomic mass is 16.5. The van der Waals surface area contributed by atoms with Gasteiger partial charge in [-0.2, -0.15) is 0 Å². The minimum atomic E-state index is -0.705. The van der Waals surface area contributed by atoms with Crippen molar-refractivity contribution in [1.29, 1.82) is 0 Å². The van der Waals surface area contributed by atoms with Crippen LogP contribution in [0.5, 0.6) is 5.75 Å². The Morgan fingerprint density at radius 3 is 2.94 bits per heavy atom. The standard InChI is InChI=1S/C13H15N3O2/c1-18-10-3-2-8-4-5-13(7-9(8)6-10)11(17)15-12(14)16-13/h2-3,6H,4-5,7H2,1H3,(H3,14,15,16,17). The van der Waals surface area contributed by atoms with Gasteiger partial charge < -0.3 is 10.5 Å². The van der Waals surface area contributed by atoms with E-state index in [9.17, 15) is 4.79 Å². The summed E-state index contributed by atoms with van der Waals surface area (Å²) in [4.78, 5) is 16.3. The third kappa shape index (κ3) is 1.54. The molecule has 1 atom stereocenters. The second-order valence-electron chi connectivity index (χ2n) is 4.79. The lowest BCUT2D eigenvalue weighted by molar-refractivity contribution is -0.124. The molecule has 2 aliphatic rings. The van der Waals surface area contributed by atoms with Crippen LogP contribution in [0, 0.1) is 0 Å². The number of carbonyl (C=O) groups is 1. The van der Waals surface area contributed by atoms with Gasteiger partial charge in [0.25, 0.3) is 5.91 Å². The molecule has 1 unspecified atom stereocenters. The van der Waals surface area contributed by atoms with Crippen molar-refractivity contribution >= 4 is 11.9 Å². The monoisotopic (exact) mass is 245 g/mol. The predicted octanol–water partition coefficient (Wildman–Crippen LogP) is 0.367. The summed E-state index contributed by atoms with van der Waals surface area (Å²) in [5, 5.41) is 2.59. The molecular formula is C13H15N3O2. The lowest BCUT2D eigenvalue weighted by atomic mass is 9.78. The Bertz CT molecular complexity index is 553. The van der Waals surface area contributed by atoms with Gasteiger partial charge in [0, 0.05) is 6.42 Å². The summed E-state index contributed by atoms with van der Waals surface area (Å²) >= 11 is 0. The van der Waals surface area contributed by atoms with Crippen molar-refractivity contribution in [2.24, 2.45) is 10.7 Å². The molecule has 0 radical (unpaired) electrons. The van der Waals surface area contributed by atoms with Crippen molar-refractivity contribution < 1.29 is 9.53 Å². The molecule has 5 nitrogen and oxygen atoms in total. The smallest absolute Gasteiger partial charge is 0.255 e. The molecule has 18 heavy (non-hydrogen) atoms. The first-order valence-electron chi connectivity index (χ1n) is 5.95. The summed E-state index contributed by atoms with van der Waals surface area (Å²) in [5.74, 6) is 0.945. The predicted molar refractivity (Wildman–Crippen MR) is 67.5 cm³/mol. The number of ether oxygens (including phenoxy) is 1. The van der Waals surface area contributed by atoms with Crippen LogP contribution in [-0.4, -0.2) is 24.5 Å². The number of nitrogens with zero attached hydrogens (tertiary/aromatic N) is 1. The number of hydrogen-bond donors (Lipinski definition) is 2. The van der Waals surface area contributed by atoms with E-state index in [1.807, 2.05) is 12.1 Å². The van der Waals surface area contributed by atoms with Gasteiger partial charge in [0.1, 0.15) is 11.3 Å². The average molecular weight is 245 g/mol. The van der Waals surface area contributed by atoms with E-state index in [0.717, 1.165) is 17.7 Å². The number of hydrogen-bond acceptors (Lipinski definition) is 4. The van der Waals surface area contributed by atoms with Crippen LogP contribution in [0.3, 0.4) is 0 Å². The first-order valence-corrected chi connectivity index (χ1v) is 5.95. The van der Waals surface area contributed by atoms with E-state index in [0.29, 0.717) is 12.8 Å². The number of aliphatic imine (C=N–C) groups is 1. The fourth-order valence-corrected chi connectivity index (χ4v) is 2.71. The highest BCUT2D eigenvalue weighted by Gasteiger charge is 2.45. The molecule has 1 aliphatic heterocycles. The van der Waals surface area contributed by atoms with Crippen LogP contribution in [0.4, 0.5) is 0 Å². The molecule has 0 bridgehead atoms. The summed E-state index contributed by atoms with van der Waals surface area (Å²) in [7, 11) is 1.64. The molecule has 0 saturated carbocycles. The maximum atomic E-state index is 12.0. The van der Waals surface area contributed by atoms with Gasteiger partial charge in [0.05, 0.1) is 7.11 Å². The molecule has 3 N–H and O–H groups in total. The van der Waals surface area contributed by atoms with Crippen molar-refractivity contribution in [2.45, 2.75) is 24.8 Å². The van der Waals surface area contributed by atoms with Crippen molar-refractivity contribution in [1.82, 2.24) is 5.32 Å². The Hall–Kier alpha value is -2.04. The van der Waals surface area contributed by atoms with Crippen LogP contribution in [0.25, 0.3) is 0 Å². The quantitative estimate of drug-likeness (QED) is 0.750. The minimum absolute atomic E-state index is 0.0894. The third-order valence-electron chi connectivity index (χ3n) is 3.70. The van der Waals surface area contributed by atoms with Crippen molar-refractivity contribution in [3.8, 4) is 5.75 Å². The third-order valence-corrected chi connectivity index (χ3v) is 3.70. The van der Waals surface area contributed by atoms with Gasteiger partial charge >= 0.3 is 0 Å². The molecule has 94 valence electrons. The highest BCUT2D eigenvalue weighted by Crippen LogP contribution is 2.35. The zero-order valence-corrected chi connectivity index (χ0v) is 10.2. The Kier molecular flexibility index (Phi) is 2.29. The highest BCUT2D eigenvalue weighted by molar-refractivity contribution is 6.07. The molecule has 1 heterocycles. The van der Waals surface area contributed by atoms with Crippen LogP contribution in [0.15, 0.2) is 23.2 Å². The number of fused-ring (bicyclic) bond motifs is 1. The van der Waals surface area contributed by atoms with Gasteiger partial charge in [-0.25, -0.2) is 4.99 Å². The Morgan fingerprint density at radius 2 is 2.28 bits per heavy atom. The zero-order valence-electron chi connectivity index (χ0n) is 10.2. The van der Waals surface area contributed by atoms with Gasteiger partial charge in [-0.1, -0.05) is 6.07 Å². The number of guanidine groups is 1. The number of nitrogens with two attached hydrogens (primary N) is 1. The largest absolute Gasteiger partial charge is 0.497 e. The summed E-state index contributed by atoms with van der Waals surface area (Å²) in [6.07, 6.45) is 2.13. The molecule has 1 spiro atoms. The molecule has 0 fully saturated rings. The van der Waals surface area contributed by atoms with E-state index in [-0.39, 0.29) is 11.9 Å². The lowest BCUT2D eigenvalue weighted by Crippen LogP contribution is -2.44. The molecule has 1 amide bonds. The van der Waals surface area contributed by atoms with Gasteiger partial charge in [-0.15, -0.1) is 0 Å². The van der Waals surface area contributed by atoms with Gasteiger partial charge in [0.15, 0.2) is 5.96 Å². The van der Waals surface area contributed by atoms with Crippen LogP contribution in [0.2, 0.25) is 0 Å². The number of amides is 1. The number of methoxy groups -OCH3 is 1. The van der Waals surface area contributed by atoms with Crippen LogP contribution >= 0.6 is 0 Å². The Morgan fingerprint density at radius 1 is 1.44 bits per heavy atom. The number of benzene rings is 1. The second-order valence-corrected chi connectivity index (χ2v) is 4.79. The first kappa shape index (κ1) is 11.1. The fourth-order valence-electron chi connectivity index (χ4n) is 2.71. The molecule has 1 aromatic rings. The molecule has 1 aliphatic carbocycles. The topological polar surface area (TPSA) is 76.7 Å². The zero-order chi connectivity index (χ0) is 12.8. The normalized spacial score (nSPS) is 25.6. The van der Waals surface area contributed by atoms with E-state index in [1.54, 1.807) is 7.11 Å². The van der Waals surface area contributed by atoms with Crippen LogP contribution in [-0.2, 0) is 17.6 Å². The Labute approximate surface area is 105 Å². The van der Waals surface area contributed by atoms with Crippen molar-refractivity contribution in [2.75, 3.05) is 7.11 Å². The minimum Gasteiger partial charge on any atom is -0.497 e. The van der Waals surface area contributed by atoms with Gasteiger partial charge in [-0.3, -0.25) is 10.1 Å². The second kappa shape index (κ2) is 3.73. The summed E-state index contributed by atoms with van der Waals surface area (Å²) in [6, 6.07) is 5.98. The van der Waals surface area contributed by atoms with E-state index in [2.05, 4.69) is 16.4 Å². The number of nitrogens with one attached hydrogen (secondary N) is 1. The summed E-state index contributed by atoms with van der Waals surface area (Å²) in [5.41, 5.74) is 7.27. The molecular weight excluding hydrogens is 230 g/mol. The fraction of sp³-hybridized carbons (Fsp3) is 0.385. The molecule has 1 aromatic carbocycles. The van der Waals surface area contributed by atoms with E-state index >= 15 is 0 Å². The first-order chi connectivity index (χ1) is 8.63. The van der Waals surface area contributed by atoms with Crippen LogP contribution in [0.1, 0.15) is 17.5 Å². The van der Waals surface area contributed by atoms with Gasteiger partial charge in [-0.05, 0) is 36.1 Å². The van der Waals surface area contributed by atoms with Crippen LogP contribution < -0.4 is 15.8 Å². The number of carbonyl (C=O) groups excluding carboxylic acids is 1. The van der Waals surface area contributed by atoms with Crippen molar-refractivity contribution in [3.05, 3.63) is 29.3 Å². The van der Waals surface area contributed by atoms with E-state index in [1.165, 1.54) is 5.56 Å². The van der Waals surface area contributed by atoms with Crippen molar-refractivity contribution in [3.63, 3.8) is 0 Å². The van der Waals surface area contributed by atoms with E-state index < -0.39 is 5.54 Å². The maximum absolute atomic E-state index is 12.0. The summed E-state index contributed by atoms with van der Waals surface area (Å²) < 4.78 is 5.22. The van der Waals surface area contributed by atoms with E-state index in [4.69, 9.17) is 10.5 Å². The Balaban J connectivity index is 1.99. The molecule has 3 rings (SSSR count). The number of rotatable bonds is 1. The molecule has 0 aromatic heterocycles. The maximum Gasteiger partial charge on any atom is 0.255 e. The number of aryl methyl sites for hydroxylation is 1. The molecule has 5 heteroatoms. The van der Waals surface area contributed by atoms with Gasteiger partial charge in [0.2, 0.25) is 0 Å².